The lowest BCUT2D eigenvalue weighted by Gasteiger charge is -2.24. The lowest BCUT2D eigenvalue weighted by Crippen LogP contribution is -2.24. The quantitative estimate of drug-likeness (QED) is 0.526. The Labute approximate surface area is 166 Å². The molecule has 6 heteroatoms. The molecule has 0 unspecified atom stereocenters. The van der Waals surface area contributed by atoms with E-state index in [1.54, 1.807) is 12.1 Å². The van der Waals surface area contributed by atoms with Crippen molar-refractivity contribution in [3.63, 3.8) is 0 Å². The topological polar surface area (TPSA) is 53.6 Å². The van der Waals surface area contributed by atoms with Crippen molar-refractivity contribution in [2.45, 2.75) is 26.7 Å². The number of ether oxygens (including phenoxy) is 1. The van der Waals surface area contributed by atoms with Gasteiger partial charge >= 0.3 is 5.97 Å². The molecule has 0 spiro atoms. The number of hydrogen-bond acceptors (Lipinski definition) is 4. The van der Waals surface area contributed by atoms with E-state index in [0.717, 1.165) is 42.0 Å². The number of nitrogens with zero attached hydrogens (tertiary/aromatic N) is 1. The van der Waals surface area contributed by atoms with E-state index in [0.29, 0.717) is 10.7 Å². The lowest BCUT2D eigenvalue weighted by atomic mass is 10.1. The first-order valence-electron chi connectivity index (χ1n) is 9.02. The normalized spacial score (nSPS) is 10.2. The zero-order valence-electron chi connectivity index (χ0n) is 16.3. The first kappa shape index (κ1) is 20.7. The highest BCUT2D eigenvalue weighted by molar-refractivity contribution is 7.80. The summed E-state index contributed by atoms with van der Waals surface area (Å²) < 4.78 is 4.84. The van der Waals surface area contributed by atoms with Gasteiger partial charge < -0.3 is 20.3 Å². The van der Waals surface area contributed by atoms with E-state index >= 15 is 0 Å². The van der Waals surface area contributed by atoms with Crippen LogP contribution in [0.3, 0.4) is 0 Å². The highest BCUT2D eigenvalue weighted by Crippen LogP contribution is 2.27. The Morgan fingerprint density at radius 3 is 2.63 bits per heavy atom. The van der Waals surface area contributed by atoms with Crippen molar-refractivity contribution in [3.05, 3.63) is 53.6 Å². The molecular weight excluding hydrogens is 358 g/mol. The summed E-state index contributed by atoms with van der Waals surface area (Å²) in [5.41, 5.74) is 4.28. The first-order chi connectivity index (χ1) is 12.9. The second-order valence-electron chi connectivity index (χ2n) is 6.45. The van der Waals surface area contributed by atoms with E-state index in [9.17, 15) is 4.79 Å². The molecule has 0 aliphatic rings. The maximum Gasteiger partial charge on any atom is 0.337 e. The van der Waals surface area contributed by atoms with Crippen molar-refractivity contribution in [1.82, 2.24) is 0 Å². The Bertz CT molecular complexity index is 808. The van der Waals surface area contributed by atoms with Gasteiger partial charge in [-0.25, -0.2) is 4.79 Å². The van der Waals surface area contributed by atoms with Crippen LogP contribution in [-0.2, 0) is 4.74 Å². The van der Waals surface area contributed by atoms with E-state index in [1.807, 2.05) is 44.3 Å². The van der Waals surface area contributed by atoms with E-state index in [4.69, 9.17) is 17.0 Å². The van der Waals surface area contributed by atoms with Gasteiger partial charge in [0.05, 0.1) is 24.0 Å². The van der Waals surface area contributed by atoms with Gasteiger partial charge in [0, 0.05) is 19.3 Å². The van der Waals surface area contributed by atoms with Gasteiger partial charge in [-0.2, -0.15) is 0 Å². The number of esters is 1. The summed E-state index contributed by atoms with van der Waals surface area (Å²) in [7, 11) is 3.41. The molecule has 27 heavy (non-hydrogen) atoms. The number of unbranched alkanes of at least 4 members (excludes halogenated alkanes) is 1. The molecule has 2 aromatic rings. The Kier molecular flexibility index (Phi) is 7.61. The summed E-state index contributed by atoms with van der Waals surface area (Å²) >= 11 is 5.48. The van der Waals surface area contributed by atoms with Crippen LogP contribution in [0.25, 0.3) is 0 Å². The van der Waals surface area contributed by atoms with Crippen molar-refractivity contribution in [2.75, 3.05) is 36.2 Å². The Hall–Kier alpha value is -2.60. The minimum absolute atomic E-state index is 0.377. The predicted molar refractivity (Wildman–Crippen MR) is 117 cm³/mol. The fraction of sp³-hybridized carbons (Fsp3) is 0.333. The molecule has 0 fully saturated rings. The monoisotopic (exact) mass is 385 g/mol. The number of hydrogen-bond donors (Lipinski definition) is 2. The molecule has 0 amide bonds. The van der Waals surface area contributed by atoms with Crippen LogP contribution < -0.4 is 15.5 Å². The van der Waals surface area contributed by atoms with Gasteiger partial charge in [0.25, 0.3) is 0 Å². The molecule has 0 heterocycles. The summed E-state index contributed by atoms with van der Waals surface area (Å²) in [5.74, 6) is -0.377. The van der Waals surface area contributed by atoms with Crippen LogP contribution in [0, 0.1) is 6.92 Å². The molecule has 0 saturated heterocycles. The lowest BCUT2D eigenvalue weighted by molar-refractivity contribution is 0.0601. The smallest absolute Gasteiger partial charge is 0.337 e. The fourth-order valence-corrected chi connectivity index (χ4v) is 2.96. The van der Waals surface area contributed by atoms with E-state index in [1.165, 1.54) is 7.11 Å². The zero-order valence-corrected chi connectivity index (χ0v) is 17.2. The van der Waals surface area contributed by atoms with Crippen LogP contribution in [0.4, 0.5) is 17.1 Å². The molecule has 0 saturated carbocycles. The number of carbonyl (C=O) groups is 1. The Balaban J connectivity index is 2.24. The van der Waals surface area contributed by atoms with Gasteiger partial charge in [-0.1, -0.05) is 25.5 Å². The molecule has 2 aromatic carbocycles. The molecule has 0 aliphatic heterocycles. The molecule has 0 aromatic heterocycles. The molecule has 2 rings (SSSR count). The van der Waals surface area contributed by atoms with Crippen LogP contribution in [0.2, 0.25) is 0 Å². The number of methoxy groups -OCH3 is 1. The zero-order chi connectivity index (χ0) is 19.8. The molecule has 5 nitrogen and oxygen atoms in total. The number of rotatable bonds is 7. The molecule has 0 radical (unpaired) electrons. The summed E-state index contributed by atoms with van der Waals surface area (Å²) in [6.45, 7) is 5.11. The molecular formula is C21H27N3O2S. The number of anilines is 3. The fourth-order valence-electron chi connectivity index (χ4n) is 2.74. The van der Waals surface area contributed by atoms with Crippen LogP contribution in [-0.4, -0.2) is 31.8 Å². The summed E-state index contributed by atoms with van der Waals surface area (Å²) in [5, 5.41) is 6.88. The maximum atomic E-state index is 11.9. The van der Waals surface area contributed by atoms with Crippen molar-refractivity contribution in [3.8, 4) is 0 Å². The third-order valence-electron chi connectivity index (χ3n) is 4.20. The molecule has 144 valence electrons. The second-order valence-corrected chi connectivity index (χ2v) is 6.86. The summed E-state index contributed by atoms with van der Waals surface area (Å²) in [6.07, 6.45) is 2.20. The number of nitrogens with one attached hydrogen (secondary N) is 2. The minimum atomic E-state index is -0.377. The van der Waals surface area contributed by atoms with Gasteiger partial charge in [0.2, 0.25) is 0 Å². The van der Waals surface area contributed by atoms with Crippen molar-refractivity contribution in [2.24, 2.45) is 0 Å². The SMILES string of the molecule is CCCCN(C)c1ccc(C(=O)OC)cc1NC(=S)Nc1cccc(C)c1. The van der Waals surface area contributed by atoms with Crippen LogP contribution in [0.5, 0.6) is 0 Å². The third-order valence-corrected chi connectivity index (χ3v) is 4.40. The van der Waals surface area contributed by atoms with Crippen LogP contribution >= 0.6 is 12.2 Å². The number of thiocarbonyl (C=S) groups is 1. The average Bonchev–Trinajstić information content (AvgIpc) is 2.65. The number of benzene rings is 2. The van der Waals surface area contributed by atoms with E-state index in [-0.39, 0.29) is 5.97 Å². The average molecular weight is 386 g/mol. The van der Waals surface area contributed by atoms with Crippen molar-refractivity contribution >= 4 is 40.4 Å². The van der Waals surface area contributed by atoms with Gasteiger partial charge in [-0.15, -0.1) is 0 Å². The van der Waals surface area contributed by atoms with E-state index < -0.39 is 0 Å². The minimum Gasteiger partial charge on any atom is -0.465 e. The van der Waals surface area contributed by atoms with Crippen LogP contribution in [0.1, 0.15) is 35.7 Å². The van der Waals surface area contributed by atoms with Crippen molar-refractivity contribution in [1.29, 1.82) is 0 Å². The Morgan fingerprint density at radius 2 is 1.96 bits per heavy atom. The number of carbonyl (C=O) groups excluding carboxylic acids is 1. The summed E-state index contributed by atoms with van der Waals surface area (Å²) in [6, 6.07) is 13.4. The number of aryl methyl sites for hydroxylation is 1. The van der Waals surface area contributed by atoms with Gasteiger partial charge in [0.15, 0.2) is 5.11 Å². The standard InChI is InChI=1S/C21H27N3O2S/c1-5-6-12-24(3)19-11-10-16(20(25)26-4)14-18(19)23-21(27)22-17-9-7-8-15(2)13-17/h7-11,13-14H,5-6,12H2,1-4H3,(H2,22,23,27). The van der Waals surface area contributed by atoms with Gasteiger partial charge in [-0.05, 0) is 61.5 Å². The summed E-state index contributed by atoms with van der Waals surface area (Å²) in [4.78, 5) is 14.1. The third kappa shape index (κ3) is 5.96. The highest BCUT2D eigenvalue weighted by Gasteiger charge is 2.14. The first-order valence-corrected chi connectivity index (χ1v) is 9.43. The molecule has 0 atom stereocenters. The van der Waals surface area contributed by atoms with E-state index in [2.05, 4.69) is 22.5 Å². The van der Waals surface area contributed by atoms with Crippen molar-refractivity contribution < 1.29 is 9.53 Å². The molecule has 0 aliphatic carbocycles. The second kappa shape index (κ2) is 9.92. The largest absolute Gasteiger partial charge is 0.465 e. The molecule has 2 N–H and O–H groups in total. The maximum absolute atomic E-state index is 11.9. The highest BCUT2D eigenvalue weighted by atomic mass is 32.1. The Morgan fingerprint density at radius 1 is 1.19 bits per heavy atom. The van der Waals surface area contributed by atoms with Gasteiger partial charge in [-0.3, -0.25) is 0 Å². The molecule has 0 bridgehead atoms. The predicted octanol–water partition coefficient (Wildman–Crippen LogP) is 4.83. The van der Waals surface area contributed by atoms with Gasteiger partial charge in [0.1, 0.15) is 0 Å². The van der Waals surface area contributed by atoms with Crippen LogP contribution in [0.15, 0.2) is 42.5 Å².